The fraction of sp³-hybridized carbons (Fsp3) is 0.222. The van der Waals surface area contributed by atoms with Gasteiger partial charge in [-0.1, -0.05) is 34.8 Å². The molecule has 0 aliphatic rings. The number of rotatable bonds is 5. The number of halogens is 2. The molecular weight excluding hydrogens is 365 g/mol. The van der Waals surface area contributed by atoms with Gasteiger partial charge in [0.2, 0.25) is 0 Å². The molecule has 3 aromatic rings. The molecule has 0 bridgehead atoms. The van der Waals surface area contributed by atoms with Gasteiger partial charge in [0.1, 0.15) is 5.75 Å². The number of ether oxygens (including phenoxy) is 1. The van der Waals surface area contributed by atoms with Crippen molar-refractivity contribution in [2.75, 3.05) is 6.61 Å². The van der Waals surface area contributed by atoms with Crippen LogP contribution in [0.15, 0.2) is 50.4 Å². The second-order valence-electron chi connectivity index (χ2n) is 5.61. The van der Waals surface area contributed by atoms with E-state index in [1.165, 1.54) is 4.57 Å². The van der Waals surface area contributed by atoms with Crippen molar-refractivity contribution in [3.63, 3.8) is 0 Å². The van der Waals surface area contributed by atoms with E-state index in [0.29, 0.717) is 46.3 Å². The molecule has 0 radical (unpaired) electrons. The Labute approximate surface area is 153 Å². The van der Waals surface area contributed by atoms with Crippen LogP contribution in [-0.4, -0.2) is 11.2 Å². The van der Waals surface area contributed by atoms with Gasteiger partial charge in [-0.05, 0) is 37.6 Å². The molecule has 0 unspecified atom stereocenters. The molecule has 1 heterocycles. The highest BCUT2D eigenvalue weighted by molar-refractivity contribution is 6.42. The van der Waals surface area contributed by atoms with E-state index in [-0.39, 0.29) is 0 Å². The van der Waals surface area contributed by atoms with Gasteiger partial charge in [-0.25, -0.2) is 9.59 Å². The summed E-state index contributed by atoms with van der Waals surface area (Å²) in [6, 6.07) is 10.3. The van der Waals surface area contributed by atoms with Gasteiger partial charge in [-0.3, -0.25) is 4.57 Å². The Morgan fingerprint density at radius 2 is 1.88 bits per heavy atom. The van der Waals surface area contributed by atoms with Crippen LogP contribution >= 0.6 is 23.2 Å². The van der Waals surface area contributed by atoms with Crippen LogP contribution < -0.4 is 16.1 Å². The Hall–Kier alpha value is -2.24. The zero-order valence-electron chi connectivity index (χ0n) is 13.4. The fourth-order valence-corrected chi connectivity index (χ4v) is 2.82. The van der Waals surface area contributed by atoms with E-state index >= 15 is 0 Å². The summed E-state index contributed by atoms with van der Waals surface area (Å²) in [4.78, 5) is 23.9. The molecular formula is C18H15Cl2NO4. The van der Waals surface area contributed by atoms with Crippen molar-refractivity contribution in [2.45, 2.75) is 19.9 Å². The van der Waals surface area contributed by atoms with Crippen molar-refractivity contribution in [1.82, 2.24) is 4.57 Å². The lowest BCUT2D eigenvalue weighted by Crippen LogP contribution is -2.25. The standard InChI is InChI=1S/C18H15Cl2NO4/c1-11-3-6-16-13(9-11)17(22)25-18(23)21(16)7-2-8-24-12-4-5-14(19)15(20)10-12/h3-6,9-10H,2,7-8H2,1H3. The predicted molar refractivity (Wildman–Crippen MR) is 98.1 cm³/mol. The second kappa shape index (κ2) is 7.33. The quantitative estimate of drug-likeness (QED) is 0.627. The molecule has 0 atom stereocenters. The molecule has 0 N–H and O–H groups in total. The number of nitrogens with zero attached hydrogens (tertiary/aromatic N) is 1. The minimum atomic E-state index is -0.670. The minimum absolute atomic E-state index is 0.365. The van der Waals surface area contributed by atoms with Crippen molar-refractivity contribution < 1.29 is 9.15 Å². The van der Waals surface area contributed by atoms with Gasteiger partial charge >= 0.3 is 11.4 Å². The van der Waals surface area contributed by atoms with E-state index in [0.717, 1.165) is 5.56 Å². The van der Waals surface area contributed by atoms with E-state index in [1.807, 2.05) is 13.0 Å². The first kappa shape index (κ1) is 17.6. The highest BCUT2D eigenvalue weighted by atomic mass is 35.5. The number of aryl methyl sites for hydroxylation is 2. The van der Waals surface area contributed by atoms with Crippen molar-refractivity contribution in [1.29, 1.82) is 0 Å². The average molecular weight is 380 g/mol. The van der Waals surface area contributed by atoms with E-state index in [4.69, 9.17) is 32.4 Å². The predicted octanol–water partition coefficient (Wildman–Crippen LogP) is 4.04. The molecule has 25 heavy (non-hydrogen) atoms. The number of fused-ring (bicyclic) bond motifs is 1. The Balaban J connectivity index is 1.74. The van der Waals surface area contributed by atoms with Crippen LogP contribution in [-0.2, 0) is 6.54 Å². The van der Waals surface area contributed by atoms with Crippen molar-refractivity contribution in [2.24, 2.45) is 0 Å². The van der Waals surface area contributed by atoms with Crippen molar-refractivity contribution in [3.05, 3.63) is 73.0 Å². The minimum Gasteiger partial charge on any atom is -0.493 e. The Morgan fingerprint density at radius 1 is 1.08 bits per heavy atom. The lowest BCUT2D eigenvalue weighted by Gasteiger charge is -2.10. The topological polar surface area (TPSA) is 61.4 Å². The van der Waals surface area contributed by atoms with Crippen LogP contribution in [0.3, 0.4) is 0 Å². The molecule has 0 saturated carbocycles. The zero-order chi connectivity index (χ0) is 18.0. The molecule has 1 aromatic heterocycles. The van der Waals surface area contributed by atoms with Crippen LogP contribution in [0.4, 0.5) is 0 Å². The molecule has 0 fully saturated rings. The molecule has 0 aliphatic carbocycles. The SMILES string of the molecule is Cc1ccc2c(c1)c(=O)oc(=O)n2CCCOc1ccc(Cl)c(Cl)c1. The Morgan fingerprint density at radius 3 is 2.64 bits per heavy atom. The molecule has 130 valence electrons. The van der Waals surface area contributed by atoms with Gasteiger partial charge in [-0.2, -0.15) is 0 Å². The fourth-order valence-electron chi connectivity index (χ4n) is 2.53. The van der Waals surface area contributed by atoms with E-state index in [9.17, 15) is 9.59 Å². The highest BCUT2D eigenvalue weighted by Gasteiger charge is 2.09. The summed E-state index contributed by atoms with van der Waals surface area (Å²) in [5, 5.41) is 1.27. The average Bonchev–Trinajstić information content (AvgIpc) is 2.57. The summed E-state index contributed by atoms with van der Waals surface area (Å²) in [6.45, 7) is 2.61. The van der Waals surface area contributed by atoms with Crippen molar-refractivity contribution in [3.8, 4) is 5.75 Å². The van der Waals surface area contributed by atoms with E-state index in [2.05, 4.69) is 0 Å². The van der Waals surface area contributed by atoms with Gasteiger partial charge < -0.3 is 9.15 Å². The summed E-state index contributed by atoms with van der Waals surface area (Å²) < 4.78 is 11.8. The van der Waals surface area contributed by atoms with Crippen LogP contribution in [0.5, 0.6) is 5.75 Å². The van der Waals surface area contributed by atoms with Crippen molar-refractivity contribution >= 4 is 34.1 Å². The van der Waals surface area contributed by atoms with Crippen LogP contribution in [0, 0.1) is 6.92 Å². The molecule has 3 rings (SSSR count). The summed E-state index contributed by atoms with van der Waals surface area (Å²) in [5.74, 6) is -0.0716. The van der Waals surface area contributed by atoms with E-state index in [1.54, 1.807) is 30.3 Å². The first-order valence-electron chi connectivity index (χ1n) is 7.68. The monoisotopic (exact) mass is 379 g/mol. The number of hydrogen-bond acceptors (Lipinski definition) is 4. The molecule has 5 nitrogen and oxygen atoms in total. The summed E-state index contributed by atoms with van der Waals surface area (Å²) in [6.07, 6.45) is 0.552. The summed E-state index contributed by atoms with van der Waals surface area (Å²) >= 11 is 11.8. The molecule has 0 saturated heterocycles. The normalized spacial score (nSPS) is 11.0. The third-order valence-corrected chi connectivity index (χ3v) is 4.49. The van der Waals surface area contributed by atoms with Crippen LogP contribution in [0.25, 0.3) is 10.9 Å². The van der Waals surface area contributed by atoms with Crippen LogP contribution in [0.1, 0.15) is 12.0 Å². The molecule has 0 amide bonds. The van der Waals surface area contributed by atoms with Gasteiger partial charge in [-0.15, -0.1) is 0 Å². The number of aromatic nitrogens is 1. The highest BCUT2D eigenvalue weighted by Crippen LogP contribution is 2.26. The largest absolute Gasteiger partial charge is 0.493 e. The lowest BCUT2D eigenvalue weighted by atomic mass is 10.2. The lowest BCUT2D eigenvalue weighted by molar-refractivity contribution is 0.296. The van der Waals surface area contributed by atoms with Crippen LogP contribution in [0.2, 0.25) is 10.0 Å². The molecule has 0 aliphatic heterocycles. The first-order valence-corrected chi connectivity index (χ1v) is 8.43. The van der Waals surface area contributed by atoms with Gasteiger partial charge in [0.15, 0.2) is 0 Å². The molecule has 2 aromatic carbocycles. The van der Waals surface area contributed by atoms with Gasteiger partial charge in [0.05, 0.1) is 27.6 Å². The summed E-state index contributed by atoms with van der Waals surface area (Å²) in [5.41, 5.74) is 0.862. The molecule has 7 heteroatoms. The maximum atomic E-state index is 12.0. The van der Waals surface area contributed by atoms with E-state index < -0.39 is 11.4 Å². The van der Waals surface area contributed by atoms with Gasteiger partial charge in [0, 0.05) is 12.6 Å². The number of benzene rings is 2. The second-order valence-corrected chi connectivity index (χ2v) is 6.42. The Kier molecular flexibility index (Phi) is 5.16. The van der Waals surface area contributed by atoms with Gasteiger partial charge in [0.25, 0.3) is 0 Å². The zero-order valence-corrected chi connectivity index (χ0v) is 14.9. The first-order chi connectivity index (χ1) is 12.0. The molecule has 0 spiro atoms. The maximum Gasteiger partial charge on any atom is 0.422 e. The maximum absolute atomic E-state index is 12.0. The third kappa shape index (κ3) is 3.89. The number of hydrogen-bond donors (Lipinski definition) is 0. The smallest absolute Gasteiger partial charge is 0.422 e. The summed E-state index contributed by atoms with van der Waals surface area (Å²) in [7, 11) is 0. The third-order valence-electron chi connectivity index (χ3n) is 3.75. The Bertz CT molecular complexity index is 1040.